The number of fused-ring (bicyclic) bond motifs is 2. The topological polar surface area (TPSA) is 67.3 Å². The Hall–Kier alpha value is -2.27. The monoisotopic (exact) mass is 285 g/mol. The Kier molecular flexibility index (Phi) is 2.99. The summed E-state index contributed by atoms with van der Waals surface area (Å²) in [7, 11) is 0. The third kappa shape index (κ3) is 1.96. The molecule has 0 aliphatic rings. The summed E-state index contributed by atoms with van der Waals surface area (Å²) in [6.07, 6.45) is 1.66. The number of hydrogen-bond donors (Lipinski definition) is 1. The average Bonchev–Trinajstić information content (AvgIpc) is 2.46. The lowest BCUT2D eigenvalue weighted by Gasteiger charge is -2.07. The van der Waals surface area contributed by atoms with Crippen molar-refractivity contribution >= 4 is 37.6 Å². The molecule has 1 atom stereocenters. The Morgan fingerprint density at radius 1 is 1.30 bits per heavy atom. The Bertz CT molecular complexity index is 885. The summed E-state index contributed by atoms with van der Waals surface area (Å²) in [5.74, 6) is -1.53. The van der Waals surface area contributed by atoms with Gasteiger partial charge in [-0.1, -0.05) is 6.07 Å². The molecule has 0 saturated carbocycles. The molecule has 1 unspecified atom stereocenters. The van der Waals surface area contributed by atoms with Gasteiger partial charge < -0.3 is 5.11 Å². The van der Waals surface area contributed by atoms with Gasteiger partial charge in [-0.15, -0.1) is 11.3 Å². The van der Waals surface area contributed by atoms with Crippen molar-refractivity contribution in [3.8, 4) is 0 Å². The predicted molar refractivity (Wildman–Crippen MR) is 79.4 cm³/mol. The first-order valence-corrected chi connectivity index (χ1v) is 6.94. The second-order valence-corrected chi connectivity index (χ2v) is 5.63. The Labute approximate surface area is 118 Å². The van der Waals surface area contributed by atoms with Crippen molar-refractivity contribution in [2.24, 2.45) is 0 Å². The number of pyridine rings is 1. The Balaban J connectivity index is 2.34. The van der Waals surface area contributed by atoms with Gasteiger partial charge in [0.05, 0.1) is 11.3 Å². The van der Waals surface area contributed by atoms with Crippen LogP contribution in [0.15, 0.2) is 41.3 Å². The molecule has 0 aliphatic heterocycles. The van der Waals surface area contributed by atoms with E-state index in [1.54, 1.807) is 43.5 Å². The van der Waals surface area contributed by atoms with E-state index in [4.69, 9.17) is 5.11 Å². The molecule has 0 aliphatic carbocycles. The number of carbonyl (C=O) groups is 1. The third-order valence-electron chi connectivity index (χ3n) is 3.34. The van der Waals surface area contributed by atoms with Crippen molar-refractivity contribution in [3.05, 3.63) is 52.3 Å². The Morgan fingerprint density at radius 2 is 2.10 bits per heavy atom. The molecule has 5 heteroatoms. The minimum Gasteiger partial charge on any atom is -0.481 e. The van der Waals surface area contributed by atoms with Gasteiger partial charge in [-0.2, -0.15) is 0 Å². The van der Waals surface area contributed by atoms with Crippen molar-refractivity contribution in [3.63, 3.8) is 0 Å². The molecule has 4 nitrogen and oxygen atoms in total. The first-order chi connectivity index (χ1) is 9.58. The van der Waals surface area contributed by atoms with Crippen LogP contribution >= 0.6 is 11.3 Å². The van der Waals surface area contributed by atoms with Crippen LogP contribution in [0, 0.1) is 0 Å². The summed E-state index contributed by atoms with van der Waals surface area (Å²) in [4.78, 5) is 28.4. The van der Waals surface area contributed by atoms with Crippen LogP contribution in [0.3, 0.4) is 0 Å². The SMILES string of the molecule is CC(C(=O)O)c1ccc2sc3ncccc3c(=O)c2c1. The molecule has 0 bridgehead atoms. The minimum atomic E-state index is -0.900. The average molecular weight is 285 g/mol. The fourth-order valence-electron chi connectivity index (χ4n) is 2.12. The lowest BCUT2D eigenvalue weighted by Crippen LogP contribution is -2.08. The first kappa shape index (κ1) is 12.7. The van der Waals surface area contributed by atoms with Crippen molar-refractivity contribution in [1.29, 1.82) is 0 Å². The lowest BCUT2D eigenvalue weighted by molar-refractivity contribution is -0.138. The van der Waals surface area contributed by atoms with Gasteiger partial charge in [-0.3, -0.25) is 9.59 Å². The summed E-state index contributed by atoms with van der Waals surface area (Å²) in [6.45, 7) is 1.61. The Morgan fingerprint density at radius 3 is 2.85 bits per heavy atom. The predicted octanol–water partition coefficient (Wildman–Crippen LogP) is 3.00. The van der Waals surface area contributed by atoms with E-state index in [-0.39, 0.29) is 5.43 Å². The summed E-state index contributed by atoms with van der Waals surface area (Å²) >= 11 is 1.44. The molecule has 2 heterocycles. The van der Waals surface area contributed by atoms with E-state index in [2.05, 4.69) is 4.98 Å². The molecule has 3 rings (SSSR count). The molecule has 20 heavy (non-hydrogen) atoms. The highest BCUT2D eigenvalue weighted by Crippen LogP contribution is 2.26. The summed E-state index contributed by atoms with van der Waals surface area (Å²) in [6, 6.07) is 8.70. The highest BCUT2D eigenvalue weighted by molar-refractivity contribution is 7.24. The van der Waals surface area contributed by atoms with Crippen LogP contribution in [0.4, 0.5) is 0 Å². The fourth-order valence-corrected chi connectivity index (χ4v) is 3.11. The smallest absolute Gasteiger partial charge is 0.310 e. The van der Waals surface area contributed by atoms with Gasteiger partial charge in [0.1, 0.15) is 4.83 Å². The molecule has 0 amide bonds. The molecule has 1 N–H and O–H groups in total. The summed E-state index contributed by atoms with van der Waals surface area (Å²) in [5.41, 5.74) is 0.541. The number of carboxylic acid groups (broad SMARTS) is 1. The van der Waals surface area contributed by atoms with Gasteiger partial charge in [0.15, 0.2) is 5.43 Å². The zero-order chi connectivity index (χ0) is 14.3. The number of rotatable bonds is 2. The van der Waals surface area contributed by atoms with Crippen LogP contribution in [0.25, 0.3) is 20.3 Å². The number of hydrogen-bond acceptors (Lipinski definition) is 4. The van der Waals surface area contributed by atoms with Gasteiger partial charge in [0, 0.05) is 16.3 Å². The fraction of sp³-hybridized carbons (Fsp3) is 0.133. The second kappa shape index (κ2) is 4.68. The van der Waals surface area contributed by atoms with Crippen LogP contribution < -0.4 is 5.43 Å². The number of aromatic nitrogens is 1. The van der Waals surface area contributed by atoms with E-state index in [1.165, 1.54) is 11.3 Å². The molecule has 0 fully saturated rings. The van der Waals surface area contributed by atoms with Crippen LogP contribution in [0.1, 0.15) is 18.4 Å². The van der Waals surface area contributed by atoms with Gasteiger partial charge in [0.25, 0.3) is 0 Å². The van der Waals surface area contributed by atoms with Crippen molar-refractivity contribution < 1.29 is 9.90 Å². The normalized spacial score (nSPS) is 12.7. The quantitative estimate of drug-likeness (QED) is 0.735. The largest absolute Gasteiger partial charge is 0.481 e. The maximum Gasteiger partial charge on any atom is 0.310 e. The zero-order valence-electron chi connectivity index (χ0n) is 10.7. The summed E-state index contributed by atoms with van der Waals surface area (Å²) < 4.78 is 0.822. The van der Waals surface area contributed by atoms with E-state index < -0.39 is 11.9 Å². The first-order valence-electron chi connectivity index (χ1n) is 6.12. The van der Waals surface area contributed by atoms with Crippen molar-refractivity contribution in [2.75, 3.05) is 0 Å². The van der Waals surface area contributed by atoms with Crippen LogP contribution in [0.5, 0.6) is 0 Å². The highest BCUT2D eigenvalue weighted by atomic mass is 32.1. The number of benzene rings is 1. The molecule has 3 aromatic rings. The number of aliphatic carboxylic acids is 1. The third-order valence-corrected chi connectivity index (χ3v) is 4.44. The summed E-state index contributed by atoms with van der Waals surface area (Å²) in [5, 5.41) is 10.2. The van der Waals surface area contributed by atoms with E-state index in [1.807, 2.05) is 0 Å². The van der Waals surface area contributed by atoms with Gasteiger partial charge in [0.2, 0.25) is 0 Å². The number of carboxylic acids is 1. The molecular formula is C15H11NO3S. The standard InChI is InChI=1S/C15H11NO3S/c1-8(15(18)19)9-4-5-12-11(7-9)13(17)10-3-2-6-16-14(10)20-12/h2-8H,1H3,(H,18,19). The van der Waals surface area contributed by atoms with Crippen LogP contribution in [-0.2, 0) is 4.79 Å². The number of nitrogens with zero attached hydrogens (tertiary/aromatic N) is 1. The second-order valence-electron chi connectivity index (χ2n) is 4.60. The highest BCUT2D eigenvalue weighted by Gasteiger charge is 2.15. The lowest BCUT2D eigenvalue weighted by atomic mass is 10.00. The van der Waals surface area contributed by atoms with E-state index in [9.17, 15) is 9.59 Å². The molecule has 2 aromatic heterocycles. The molecule has 1 aromatic carbocycles. The molecule has 100 valence electrons. The zero-order valence-corrected chi connectivity index (χ0v) is 11.5. The van der Waals surface area contributed by atoms with Crippen LogP contribution in [0.2, 0.25) is 0 Å². The van der Waals surface area contributed by atoms with Gasteiger partial charge in [-0.25, -0.2) is 4.98 Å². The van der Waals surface area contributed by atoms with Gasteiger partial charge >= 0.3 is 5.97 Å². The minimum absolute atomic E-state index is 0.0960. The molecule has 0 radical (unpaired) electrons. The van der Waals surface area contributed by atoms with Gasteiger partial charge in [-0.05, 0) is 36.8 Å². The van der Waals surface area contributed by atoms with E-state index in [0.717, 1.165) is 4.70 Å². The van der Waals surface area contributed by atoms with Crippen molar-refractivity contribution in [2.45, 2.75) is 12.8 Å². The van der Waals surface area contributed by atoms with Crippen molar-refractivity contribution in [1.82, 2.24) is 4.98 Å². The molecular weight excluding hydrogens is 274 g/mol. The van der Waals surface area contributed by atoms with E-state index in [0.29, 0.717) is 21.2 Å². The maximum absolute atomic E-state index is 12.5. The van der Waals surface area contributed by atoms with E-state index >= 15 is 0 Å². The molecule has 0 saturated heterocycles. The molecule has 0 spiro atoms. The maximum atomic E-state index is 12.5. The van der Waals surface area contributed by atoms with Crippen LogP contribution in [-0.4, -0.2) is 16.1 Å².